The van der Waals surface area contributed by atoms with Crippen LogP contribution in [0.4, 0.5) is 4.79 Å². The molecule has 1 N–H and O–H groups in total. The number of nitrogens with zero attached hydrogens (tertiary/aromatic N) is 1. The number of carbonyl (C=O) groups excluding carboxylic acids is 1. The molecule has 27 heavy (non-hydrogen) atoms. The molecule has 2 saturated carbocycles. The van der Waals surface area contributed by atoms with Crippen molar-refractivity contribution in [1.82, 2.24) is 10.2 Å². The van der Waals surface area contributed by atoms with Gasteiger partial charge in [-0.05, 0) is 60.6 Å². The number of fused-ring (bicyclic) bond motifs is 2. The predicted molar refractivity (Wildman–Crippen MR) is 107 cm³/mol. The molecule has 2 fully saturated rings. The highest BCUT2D eigenvalue weighted by atomic mass is 32.2. The van der Waals surface area contributed by atoms with Gasteiger partial charge in [0.15, 0.2) is 9.84 Å². The Morgan fingerprint density at radius 2 is 1.81 bits per heavy atom. The number of sulfone groups is 1. The van der Waals surface area contributed by atoms with Crippen molar-refractivity contribution in [3.8, 4) is 0 Å². The van der Waals surface area contributed by atoms with Crippen molar-refractivity contribution >= 4 is 15.9 Å². The molecule has 0 radical (unpaired) electrons. The molecule has 0 heterocycles. The number of rotatable bonds is 4. The van der Waals surface area contributed by atoms with E-state index in [1.807, 2.05) is 6.92 Å². The maximum absolute atomic E-state index is 12.9. The van der Waals surface area contributed by atoms with E-state index in [1.165, 1.54) is 19.1 Å². The van der Waals surface area contributed by atoms with Crippen LogP contribution in [0.2, 0.25) is 0 Å². The Balaban J connectivity index is 1.69. The smallest absolute Gasteiger partial charge is 0.317 e. The molecular weight excluding hydrogens is 360 g/mol. The van der Waals surface area contributed by atoms with Gasteiger partial charge in [0.25, 0.3) is 0 Å². The summed E-state index contributed by atoms with van der Waals surface area (Å²) in [6.07, 6.45) is 4.68. The zero-order chi connectivity index (χ0) is 20.2. The van der Waals surface area contributed by atoms with Crippen LogP contribution in [-0.2, 0) is 9.84 Å². The monoisotopic (exact) mass is 392 g/mol. The van der Waals surface area contributed by atoms with Crippen molar-refractivity contribution < 1.29 is 13.2 Å². The fraction of sp³-hybridized carbons (Fsp3) is 0.667. The molecule has 150 valence electrons. The summed E-state index contributed by atoms with van der Waals surface area (Å²) in [5, 5.41) is 3.28. The van der Waals surface area contributed by atoms with Gasteiger partial charge >= 0.3 is 6.03 Å². The Labute approximate surface area is 163 Å². The Hall–Kier alpha value is -1.56. The van der Waals surface area contributed by atoms with Gasteiger partial charge in [-0.3, -0.25) is 0 Å². The van der Waals surface area contributed by atoms with Gasteiger partial charge in [0.05, 0.1) is 10.9 Å². The number of hydrogen-bond donors (Lipinski definition) is 1. The molecule has 2 aliphatic carbocycles. The summed E-state index contributed by atoms with van der Waals surface area (Å²) in [7, 11) is -1.42. The van der Waals surface area contributed by atoms with E-state index in [-0.39, 0.29) is 28.9 Å². The quantitative estimate of drug-likeness (QED) is 0.842. The lowest BCUT2D eigenvalue weighted by atomic mass is 9.69. The molecule has 0 spiro atoms. The Bertz CT molecular complexity index is 831. The minimum Gasteiger partial charge on any atom is -0.335 e. The van der Waals surface area contributed by atoms with Gasteiger partial charge in [-0.25, -0.2) is 13.2 Å². The number of carbonyl (C=O) groups is 1. The van der Waals surface area contributed by atoms with E-state index in [0.717, 1.165) is 12.0 Å². The molecule has 2 aliphatic rings. The van der Waals surface area contributed by atoms with Gasteiger partial charge < -0.3 is 10.2 Å². The van der Waals surface area contributed by atoms with Gasteiger partial charge in [0, 0.05) is 19.3 Å². The normalized spacial score (nSPS) is 30.1. The van der Waals surface area contributed by atoms with E-state index >= 15 is 0 Å². The van der Waals surface area contributed by atoms with Crippen LogP contribution in [0.25, 0.3) is 0 Å². The van der Waals surface area contributed by atoms with Crippen LogP contribution in [0.1, 0.15) is 58.6 Å². The van der Waals surface area contributed by atoms with Gasteiger partial charge in [-0.1, -0.05) is 32.9 Å². The maximum atomic E-state index is 12.9. The summed E-state index contributed by atoms with van der Waals surface area (Å²) in [5.74, 6) is 0.680. The lowest BCUT2D eigenvalue weighted by Crippen LogP contribution is -2.50. The summed E-state index contributed by atoms with van der Waals surface area (Å²) < 4.78 is 23.2. The lowest BCUT2D eigenvalue weighted by Gasteiger charge is -2.40. The number of nitrogens with one attached hydrogen (secondary N) is 1. The zero-order valence-corrected chi connectivity index (χ0v) is 18.1. The van der Waals surface area contributed by atoms with Crippen LogP contribution >= 0.6 is 0 Å². The Morgan fingerprint density at radius 1 is 1.22 bits per heavy atom. The largest absolute Gasteiger partial charge is 0.335 e. The van der Waals surface area contributed by atoms with Crippen molar-refractivity contribution in [2.45, 2.75) is 63.9 Å². The van der Waals surface area contributed by atoms with Crippen molar-refractivity contribution in [1.29, 1.82) is 0 Å². The van der Waals surface area contributed by atoms with Crippen molar-refractivity contribution in [2.24, 2.45) is 16.7 Å². The minimum absolute atomic E-state index is 0.0655. The predicted octanol–water partition coefficient (Wildman–Crippen LogP) is 4.01. The average molecular weight is 393 g/mol. The maximum Gasteiger partial charge on any atom is 0.317 e. The van der Waals surface area contributed by atoms with Crippen LogP contribution < -0.4 is 5.32 Å². The minimum atomic E-state index is -3.21. The van der Waals surface area contributed by atoms with Crippen LogP contribution in [0.15, 0.2) is 29.2 Å². The first-order chi connectivity index (χ1) is 12.4. The van der Waals surface area contributed by atoms with E-state index in [9.17, 15) is 13.2 Å². The molecule has 3 rings (SSSR count). The molecule has 0 unspecified atom stereocenters. The molecule has 0 aliphatic heterocycles. The molecule has 5 nitrogen and oxygen atoms in total. The fourth-order valence-electron chi connectivity index (χ4n) is 5.07. The third kappa shape index (κ3) is 3.26. The summed E-state index contributed by atoms with van der Waals surface area (Å²) >= 11 is 0. The van der Waals surface area contributed by atoms with Gasteiger partial charge in [0.2, 0.25) is 0 Å². The topological polar surface area (TPSA) is 66.5 Å². The molecule has 2 amide bonds. The van der Waals surface area contributed by atoms with Crippen LogP contribution in [0.3, 0.4) is 0 Å². The number of benzene rings is 1. The Kier molecular flexibility index (Phi) is 4.86. The standard InChI is InChI=1S/C21H32N2O3S/c1-14(15-7-9-17(10-8-15)27(6,25)26)23(5)19(24)22-18-13-16-11-12-21(18,4)20(16,2)3/h7-10,14,16,18H,11-13H2,1-6H3,(H,22,24)/t14-,16+,18-,21+/m0/s1. The number of urea groups is 1. The molecule has 0 saturated heterocycles. The van der Waals surface area contributed by atoms with Crippen LogP contribution in [0.5, 0.6) is 0 Å². The van der Waals surface area contributed by atoms with Crippen LogP contribution in [0, 0.1) is 16.7 Å². The van der Waals surface area contributed by atoms with E-state index in [1.54, 1.807) is 36.2 Å². The first-order valence-electron chi connectivity index (χ1n) is 9.71. The van der Waals surface area contributed by atoms with Gasteiger partial charge in [-0.2, -0.15) is 0 Å². The molecule has 1 aromatic rings. The van der Waals surface area contributed by atoms with E-state index in [2.05, 4.69) is 26.1 Å². The average Bonchev–Trinajstić information content (AvgIpc) is 2.93. The molecular formula is C21H32N2O3S. The van der Waals surface area contributed by atoms with Crippen molar-refractivity contribution in [3.05, 3.63) is 29.8 Å². The highest BCUT2D eigenvalue weighted by Gasteiger charge is 2.61. The number of hydrogen-bond acceptors (Lipinski definition) is 3. The summed E-state index contributed by atoms with van der Waals surface area (Å²) in [6.45, 7) is 8.96. The summed E-state index contributed by atoms with van der Waals surface area (Å²) in [4.78, 5) is 14.9. The van der Waals surface area contributed by atoms with Crippen molar-refractivity contribution in [3.63, 3.8) is 0 Å². The number of amides is 2. The lowest BCUT2D eigenvalue weighted by molar-refractivity contribution is 0.117. The van der Waals surface area contributed by atoms with Crippen molar-refractivity contribution in [2.75, 3.05) is 13.3 Å². The SMILES string of the molecule is C[C@@H](c1ccc(S(C)(=O)=O)cc1)N(C)C(=O)N[C@H]1C[C@H]2CC[C@@]1(C)C2(C)C. The van der Waals surface area contributed by atoms with E-state index < -0.39 is 9.84 Å². The second-order valence-electron chi connectivity index (χ2n) is 9.24. The zero-order valence-electron chi connectivity index (χ0n) is 17.2. The molecule has 4 atom stereocenters. The molecule has 0 aromatic heterocycles. The highest BCUT2D eigenvalue weighted by Crippen LogP contribution is 2.65. The van der Waals surface area contributed by atoms with Gasteiger partial charge in [-0.15, -0.1) is 0 Å². The molecule has 1 aromatic carbocycles. The molecule has 6 heteroatoms. The van der Waals surface area contributed by atoms with E-state index in [4.69, 9.17) is 0 Å². The fourth-order valence-corrected chi connectivity index (χ4v) is 5.70. The summed E-state index contributed by atoms with van der Waals surface area (Å²) in [5.41, 5.74) is 1.32. The second kappa shape index (κ2) is 6.50. The summed E-state index contributed by atoms with van der Waals surface area (Å²) in [6, 6.07) is 6.78. The third-order valence-corrected chi connectivity index (χ3v) is 8.91. The van der Waals surface area contributed by atoms with Crippen LogP contribution in [-0.4, -0.2) is 38.7 Å². The third-order valence-electron chi connectivity index (χ3n) is 7.78. The first kappa shape index (κ1) is 20.2. The first-order valence-corrected chi connectivity index (χ1v) is 11.6. The highest BCUT2D eigenvalue weighted by molar-refractivity contribution is 7.90. The second-order valence-corrected chi connectivity index (χ2v) is 11.3. The Morgan fingerprint density at radius 3 is 2.26 bits per heavy atom. The molecule has 2 bridgehead atoms. The van der Waals surface area contributed by atoms with Gasteiger partial charge in [0.1, 0.15) is 0 Å². The van der Waals surface area contributed by atoms with E-state index in [0.29, 0.717) is 10.8 Å².